The summed E-state index contributed by atoms with van der Waals surface area (Å²) in [4.78, 5) is 25.2. The van der Waals surface area contributed by atoms with Gasteiger partial charge in [-0.15, -0.1) is 0 Å². The second-order valence-corrected chi connectivity index (χ2v) is 10.9. The van der Waals surface area contributed by atoms with Crippen LogP contribution in [0.3, 0.4) is 0 Å². The van der Waals surface area contributed by atoms with E-state index >= 15 is 0 Å². The molecule has 16 heteroatoms. The number of halogens is 4. The summed E-state index contributed by atoms with van der Waals surface area (Å²) in [6, 6.07) is 1.82. The van der Waals surface area contributed by atoms with Crippen molar-refractivity contribution < 1.29 is 27.8 Å². The predicted molar refractivity (Wildman–Crippen MR) is 135 cm³/mol. The third kappa shape index (κ3) is 5.35. The van der Waals surface area contributed by atoms with Crippen LogP contribution in [0.25, 0.3) is 0 Å². The van der Waals surface area contributed by atoms with Crippen molar-refractivity contribution in [2.24, 2.45) is 11.1 Å². The molecule has 1 atom stereocenters. The fourth-order valence-electron chi connectivity index (χ4n) is 5.05. The molecule has 39 heavy (non-hydrogen) atoms. The van der Waals surface area contributed by atoms with Crippen LogP contribution in [-0.2, 0) is 29.3 Å². The molecule has 3 aliphatic heterocycles. The number of pyridine rings is 1. The van der Waals surface area contributed by atoms with Crippen LogP contribution in [-0.4, -0.2) is 55.1 Å². The zero-order valence-corrected chi connectivity index (χ0v) is 21.9. The first-order valence-electron chi connectivity index (χ1n) is 11.9. The average Bonchev–Trinajstić information content (AvgIpc) is 3.54. The van der Waals surface area contributed by atoms with Gasteiger partial charge in [-0.1, -0.05) is 23.4 Å². The van der Waals surface area contributed by atoms with Gasteiger partial charge in [0.25, 0.3) is 0 Å². The van der Waals surface area contributed by atoms with Crippen molar-refractivity contribution in [1.82, 2.24) is 24.7 Å². The van der Waals surface area contributed by atoms with Gasteiger partial charge in [0.1, 0.15) is 16.7 Å². The highest BCUT2D eigenvalue weighted by Gasteiger charge is 2.49. The van der Waals surface area contributed by atoms with Gasteiger partial charge in [0, 0.05) is 41.7 Å². The molecule has 0 aliphatic carbocycles. The number of aliphatic carboxylic acids is 1. The number of carbonyl (C=O) groups is 1. The van der Waals surface area contributed by atoms with Gasteiger partial charge in [0.2, 0.25) is 0 Å². The van der Waals surface area contributed by atoms with Gasteiger partial charge in [-0.3, -0.25) is 4.68 Å². The Hall–Kier alpha value is -3.14. The number of nitrogens with zero attached hydrogens (tertiary/aromatic N) is 6. The van der Waals surface area contributed by atoms with E-state index in [0.717, 1.165) is 53.9 Å². The Morgan fingerprint density at radius 2 is 1.92 bits per heavy atom. The third-order valence-electron chi connectivity index (χ3n) is 7.12. The van der Waals surface area contributed by atoms with Crippen molar-refractivity contribution in [1.29, 1.82) is 0 Å². The molecule has 0 aromatic carbocycles. The summed E-state index contributed by atoms with van der Waals surface area (Å²) in [5.74, 6) is -1.57. The summed E-state index contributed by atoms with van der Waals surface area (Å²) >= 11 is 7.66. The fraction of sp³-hybridized carbons (Fsp3) is 0.435. The topological polar surface area (TPSA) is 158 Å². The van der Waals surface area contributed by atoms with Crippen molar-refractivity contribution in [3.63, 3.8) is 0 Å². The van der Waals surface area contributed by atoms with Gasteiger partial charge in [-0.05, 0) is 18.9 Å². The molecule has 0 bridgehead atoms. The summed E-state index contributed by atoms with van der Waals surface area (Å²) in [6.07, 6.45) is 2.14. The highest BCUT2D eigenvalue weighted by Crippen LogP contribution is 2.50. The molecular formula is C23H24ClF3N8O3S. The molecule has 208 valence electrons. The molecule has 1 saturated heterocycles. The monoisotopic (exact) mass is 584 g/mol. The Morgan fingerprint density at radius 3 is 2.56 bits per heavy atom. The first-order chi connectivity index (χ1) is 18.5. The van der Waals surface area contributed by atoms with Gasteiger partial charge in [0.15, 0.2) is 0 Å². The lowest BCUT2D eigenvalue weighted by Gasteiger charge is -2.41. The molecular weight excluding hydrogens is 561 g/mol. The minimum atomic E-state index is -5.08. The molecule has 3 aliphatic rings. The maximum Gasteiger partial charge on any atom is 0.490 e. The highest BCUT2D eigenvalue weighted by atomic mass is 35.5. The van der Waals surface area contributed by atoms with Crippen LogP contribution in [0, 0.1) is 5.41 Å². The van der Waals surface area contributed by atoms with E-state index in [1.165, 1.54) is 23.0 Å². The number of hydrogen-bond donors (Lipinski definition) is 3. The van der Waals surface area contributed by atoms with Crippen LogP contribution in [0.5, 0.6) is 0 Å². The lowest BCUT2D eigenvalue weighted by atomic mass is 9.73. The summed E-state index contributed by atoms with van der Waals surface area (Å²) < 4.78 is 39.4. The second-order valence-electron chi connectivity index (χ2n) is 9.41. The number of aromatic nitrogens is 5. The van der Waals surface area contributed by atoms with Crippen LogP contribution in [0.2, 0.25) is 5.02 Å². The minimum absolute atomic E-state index is 0.00464. The molecule has 3 aromatic rings. The van der Waals surface area contributed by atoms with Crippen LogP contribution in [0.4, 0.5) is 24.8 Å². The summed E-state index contributed by atoms with van der Waals surface area (Å²) in [6.45, 7) is 3.92. The van der Waals surface area contributed by atoms with Crippen molar-refractivity contribution in [3.05, 3.63) is 46.6 Å². The summed E-state index contributed by atoms with van der Waals surface area (Å²) in [5, 5.41) is 13.1. The summed E-state index contributed by atoms with van der Waals surface area (Å²) in [7, 11) is 0. The Bertz CT molecular complexity index is 1380. The predicted octanol–water partition coefficient (Wildman–Crippen LogP) is 3.42. The molecule has 0 radical (unpaired) electrons. The molecule has 0 saturated carbocycles. The van der Waals surface area contributed by atoms with E-state index in [9.17, 15) is 13.2 Å². The quantitative estimate of drug-likeness (QED) is 0.414. The lowest BCUT2D eigenvalue weighted by molar-refractivity contribution is -0.192. The normalized spacial score (nSPS) is 19.4. The van der Waals surface area contributed by atoms with E-state index < -0.39 is 12.1 Å². The Morgan fingerprint density at radius 1 is 1.21 bits per heavy atom. The van der Waals surface area contributed by atoms with Crippen molar-refractivity contribution in [3.8, 4) is 0 Å². The van der Waals surface area contributed by atoms with Gasteiger partial charge in [-0.2, -0.15) is 18.3 Å². The van der Waals surface area contributed by atoms with Gasteiger partial charge in [-0.25, -0.2) is 19.7 Å². The molecule has 0 unspecified atom stereocenters. The van der Waals surface area contributed by atoms with E-state index in [1.807, 2.05) is 12.3 Å². The van der Waals surface area contributed by atoms with E-state index in [4.69, 9.17) is 42.8 Å². The number of ether oxygens (including phenoxy) is 1. The maximum absolute atomic E-state index is 10.6. The number of nitrogen functional groups attached to an aromatic ring is 1. The van der Waals surface area contributed by atoms with E-state index in [2.05, 4.69) is 24.5 Å². The number of fused-ring (bicyclic) bond motifs is 3. The van der Waals surface area contributed by atoms with Crippen LogP contribution < -0.4 is 16.4 Å². The van der Waals surface area contributed by atoms with E-state index in [-0.39, 0.29) is 11.5 Å². The Labute approximate surface area is 229 Å². The van der Waals surface area contributed by atoms with Crippen molar-refractivity contribution >= 4 is 41.0 Å². The average molecular weight is 585 g/mol. The van der Waals surface area contributed by atoms with Gasteiger partial charge < -0.3 is 26.2 Å². The van der Waals surface area contributed by atoms with Crippen molar-refractivity contribution in [2.75, 3.05) is 23.7 Å². The van der Waals surface area contributed by atoms with E-state index in [0.29, 0.717) is 24.1 Å². The molecule has 11 nitrogen and oxygen atoms in total. The highest BCUT2D eigenvalue weighted by molar-refractivity contribution is 7.99. The number of rotatable bonds is 3. The standard InChI is InChI=1S/C21H23ClN8OS.C2HF3O2/c22-17-14(1-4-25-20(17)24)32-16-8-26-15(7-27-16)29-5-2-21(3-6-29)11-30-18(19(21)23)12-9-31-10-13(12)28-30;3-2(4,5)1(6)7/h1,4,7-8,19H,2-3,5-6,9-11,23H2,(H2,24,25);(H,6,7)/t19-;/m1./s1. The van der Waals surface area contributed by atoms with Gasteiger partial charge in [0.05, 0.1) is 48.1 Å². The molecule has 3 aromatic heterocycles. The fourth-order valence-corrected chi connectivity index (χ4v) is 6.04. The molecule has 0 amide bonds. The number of nitrogens with two attached hydrogens (primary N) is 2. The van der Waals surface area contributed by atoms with E-state index in [1.54, 1.807) is 12.4 Å². The molecule has 1 spiro atoms. The SMILES string of the molecule is Nc1nccc(Sc2cnc(N3CCC4(CC3)Cn3nc5c(c3[C@H]4N)COC5)cn2)c1Cl.O=C(O)C(F)(F)F. The zero-order chi connectivity index (χ0) is 27.9. The van der Waals surface area contributed by atoms with Gasteiger partial charge >= 0.3 is 12.1 Å². The number of anilines is 2. The summed E-state index contributed by atoms with van der Waals surface area (Å²) in [5.41, 5.74) is 16.1. The second kappa shape index (κ2) is 10.4. The van der Waals surface area contributed by atoms with Crippen LogP contribution in [0.1, 0.15) is 35.8 Å². The first kappa shape index (κ1) is 27.4. The Kier molecular flexibility index (Phi) is 7.35. The lowest BCUT2D eigenvalue weighted by Crippen LogP contribution is -2.45. The van der Waals surface area contributed by atoms with Crippen molar-refractivity contribution in [2.45, 2.75) is 54.7 Å². The smallest absolute Gasteiger partial charge is 0.475 e. The number of piperidine rings is 1. The molecule has 1 fully saturated rings. The maximum atomic E-state index is 10.6. The number of carboxylic acids is 1. The molecule has 6 rings (SSSR count). The first-order valence-corrected chi connectivity index (χ1v) is 13.0. The number of alkyl halides is 3. The minimum Gasteiger partial charge on any atom is -0.475 e. The Balaban J connectivity index is 0.000000392. The number of hydrogen-bond acceptors (Lipinski definition) is 10. The largest absolute Gasteiger partial charge is 0.490 e. The zero-order valence-electron chi connectivity index (χ0n) is 20.4. The molecule has 6 heterocycles. The third-order valence-corrected chi connectivity index (χ3v) is 8.61. The van der Waals surface area contributed by atoms with Crippen LogP contribution in [0.15, 0.2) is 34.6 Å². The number of carboxylic acid groups (broad SMARTS) is 1. The van der Waals surface area contributed by atoms with Crippen LogP contribution >= 0.6 is 23.4 Å². The molecule has 5 N–H and O–H groups in total.